The van der Waals surface area contributed by atoms with Gasteiger partial charge in [0, 0.05) is 12.6 Å². The summed E-state index contributed by atoms with van der Waals surface area (Å²) in [5.74, 6) is 2.07. The van der Waals surface area contributed by atoms with Gasteiger partial charge in [0.25, 0.3) is 0 Å². The van der Waals surface area contributed by atoms with E-state index in [9.17, 15) is 8.42 Å². The van der Waals surface area contributed by atoms with Gasteiger partial charge in [-0.1, -0.05) is 13.0 Å². The van der Waals surface area contributed by atoms with Gasteiger partial charge in [0.05, 0.1) is 4.90 Å². The number of hydrogen-bond acceptors (Lipinski definition) is 4. The SMILES string of the molecule is CCc1ccc(S(=O)(=O)NC2CCSCC2)cc1CNC. The molecule has 1 aliphatic heterocycles. The zero-order chi connectivity index (χ0) is 15.3. The van der Waals surface area contributed by atoms with E-state index in [0.717, 1.165) is 36.3 Å². The Bertz CT molecular complexity index is 567. The zero-order valence-electron chi connectivity index (χ0n) is 12.7. The first-order valence-electron chi connectivity index (χ1n) is 7.43. The Hall–Kier alpha value is -0.560. The molecule has 1 fully saturated rings. The smallest absolute Gasteiger partial charge is 0.240 e. The molecule has 21 heavy (non-hydrogen) atoms. The number of rotatable bonds is 6. The van der Waals surface area contributed by atoms with Crippen molar-refractivity contribution >= 4 is 21.8 Å². The molecule has 0 atom stereocenters. The van der Waals surface area contributed by atoms with Crippen molar-refractivity contribution in [1.82, 2.24) is 10.0 Å². The number of thioether (sulfide) groups is 1. The van der Waals surface area contributed by atoms with Gasteiger partial charge in [0.1, 0.15) is 0 Å². The highest BCUT2D eigenvalue weighted by atomic mass is 32.2. The van der Waals surface area contributed by atoms with Gasteiger partial charge in [-0.15, -0.1) is 0 Å². The molecule has 2 N–H and O–H groups in total. The van der Waals surface area contributed by atoms with E-state index in [1.807, 2.05) is 24.9 Å². The van der Waals surface area contributed by atoms with Crippen LogP contribution >= 0.6 is 11.8 Å². The lowest BCUT2D eigenvalue weighted by Crippen LogP contribution is -2.37. The summed E-state index contributed by atoms with van der Waals surface area (Å²) in [5, 5.41) is 3.10. The molecule has 1 aliphatic rings. The van der Waals surface area contributed by atoms with E-state index in [1.165, 1.54) is 5.56 Å². The predicted octanol–water partition coefficient (Wildman–Crippen LogP) is 2.14. The zero-order valence-corrected chi connectivity index (χ0v) is 14.3. The van der Waals surface area contributed by atoms with E-state index in [1.54, 1.807) is 12.1 Å². The van der Waals surface area contributed by atoms with Crippen molar-refractivity contribution in [3.05, 3.63) is 29.3 Å². The molecule has 0 aromatic heterocycles. The summed E-state index contributed by atoms with van der Waals surface area (Å²) < 4.78 is 27.9. The van der Waals surface area contributed by atoms with E-state index in [-0.39, 0.29) is 6.04 Å². The predicted molar refractivity (Wildman–Crippen MR) is 89.3 cm³/mol. The molecule has 0 radical (unpaired) electrons. The fraction of sp³-hybridized carbons (Fsp3) is 0.600. The van der Waals surface area contributed by atoms with E-state index < -0.39 is 10.0 Å². The van der Waals surface area contributed by atoms with Crippen LogP contribution in [-0.4, -0.2) is 33.0 Å². The second-order valence-corrected chi connectivity index (χ2v) is 8.26. The Morgan fingerprint density at radius 3 is 2.57 bits per heavy atom. The molecule has 0 unspecified atom stereocenters. The molecule has 1 heterocycles. The van der Waals surface area contributed by atoms with Crippen molar-refractivity contribution in [1.29, 1.82) is 0 Å². The molecule has 118 valence electrons. The fourth-order valence-electron chi connectivity index (χ4n) is 2.57. The molecule has 1 saturated heterocycles. The van der Waals surface area contributed by atoms with Gasteiger partial charge in [0.15, 0.2) is 0 Å². The fourth-order valence-corrected chi connectivity index (χ4v) is 5.03. The topological polar surface area (TPSA) is 58.2 Å². The minimum atomic E-state index is -3.41. The molecule has 1 aromatic rings. The van der Waals surface area contributed by atoms with Gasteiger partial charge in [-0.3, -0.25) is 0 Å². The number of sulfonamides is 1. The standard InChI is InChI=1S/C15H24N2O2S2/c1-3-12-4-5-15(10-13(12)11-16-2)21(18,19)17-14-6-8-20-9-7-14/h4-5,10,14,16-17H,3,6-9,11H2,1-2H3. The molecule has 0 spiro atoms. The molecule has 6 heteroatoms. The molecular weight excluding hydrogens is 304 g/mol. The third kappa shape index (κ3) is 4.45. The summed E-state index contributed by atoms with van der Waals surface area (Å²) in [6.07, 6.45) is 2.74. The maximum Gasteiger partial charge on any atom is 0.240 e. The van der Waals surface area contributed by atoms with Crippen molar-refractivity contribution in [2.24, 2.45) is 0 Å². The average molecular weight is 329 g/mol. The van der Waals surface area contributed by atoms with E-state index in [4.69, 9.17) is 0 Å². The van der Waals surface area contributed by atoms with Gasteiger partial charge >= 0.3 is 0 Å². The Balaban J connectivity index is 2.20. The molecule has 2 rings (SSSR count). The number of nitrogens with one attached hydrogen (secondary N) is 2. The minimum Gasteiger partial charge on any atom is -0.316 e. The first-order chi connectivity index (χ1) is 10.1. The second-order valence-electron chi connectivity index (χ2n) is 5.32. The lowest BCUT2D eigenvalue weighted by atomic mass is 10.1. The molecule has 1 aromatic carbocycles. The molecule has 0 saturated carbocycles. The lowest BCUT2D eigenvalue weighted by Gasteiger charge is -2.22. The van der Waals surface area contributed by atoms with Gasteiger partial charge in [-0.2, -0.15) is 11.8 Å². The highest BCUT2D eigenvalue weighted by Gasteiger charge is 2.22. The number of hydrogen-bond donors (Lipinski definition) is 2. The molecule has 0 bridgehead atoms. The van der Waals surface area contributed by atoms with Crippen LogP contribution in [0.3, 0.4) is 0 Å². The van der Waals surface area contributed by atoms with E-state index in [0.29, 0.717) is 11.4 Å². The lowest BCUT2D eigenvalue weighted by molar-refractivity contribution is 0.528. The van der Waals surface area contributed by atoms with Crippen LogP contribution in [0.2, 0.25) is 0 Å². The minimum absolute atomic E-state index is 0.0786. The monoisotopic (exact) mass is 328 g/mol. The van der Waals surface area contributed by atoms with Crippen LogP contribution in [0.25, 0.3) is 0 Å². The van der Waals surface area contributed by atoms with E-state index >= 15 is 0 Å². The van der Waals surface area contributed by atoms with Crippen LogP contribution in [0.1, 0.15) is 30.9 Å². The Morgan fingerprint density at radius 1 is 1.24 bits per heavy atom. The Morgan fingerprint density at radius 2 is 1.95 bits per heavy atom. The van der Waals surface area contributed by atoms with Crippen LogP contribution in [0.15, 0.2) is 23.1 Å². The van der Waals surface area contributed by atoms with Crippen molar-refractivity contribution < 1.29 is 8.42 Å². The summed E-state index contributed by atoms with van der Waals surface area (Å²) in [4.78, 5) is 0.378. The van der Waals surface area contributed by atoms with Crippen LogP contribution in [0.5, 0.6) is 0 Å². The first-order valence-corrected chi connectivity index (χ1v) is 10.1. The van der Waals surface area contributed by atoms with Crippen molar-refractivity contribution in [2.45, 2.75) is 43.7 Å². The summed E-state index contributed by atoms with van der Waals surface area (Å²) in [7, 11) is -1.54. The second kappa shape index (κ2) is 7.63. The average Bonchev–Trinajstić information content (AvgIpc) is 2.48. The molecule has 0 aliphatic carbocycles. The van der Waals surface area contributed by atoms with Gasteiger partial charge in [0.2, 0.25) is 10.0 Å². The maximum atomic E-state index is 12.5. The third-order valence-electron chi connectivity index (χ3n) is 3.78. The van der Waals surface area contributed by atoms with Crippen molar-refractivity contribution in [3.63, 3.8) is 0 Å². The molecule has 4 nitrogen and oxygen atoms in total. The van der Waals surface area contributed by atoms with Gasteiger partial charge < -0.3 is 5.32 Å². The van der Waals surface area contributed by atoms with E-state index in [2.05, 4.69) is 17.0 Å². The summed E-state index contributed by atoms with van der Waals surface area (Å²) >= 11 is 1.89. The van der Waals surface area contributed by atoms with Crippen molar-refractivity contribution in [3.8, 4) is 0 Å². The maximum absolute atomic E-state index is 12.5. The largest absolute Gasteiger partial charge is 0.316 e. The normalized spacial score (nSPS) is 17.0. The Labute approximate surface area is 132 Å². The van der Waals surface area contributed by atoms with Crippen LogP contribution in [0, 0.1) is 0 Å². The van der Waals surface area contributed by atoms with Gasteiger partial charge in [-0.25, -0.2) is 13.1 Å². The number of benzene rings is 1. The highest BCUT2D eigenvalue weighted by Crippen LogP contribution is 2.21. The van der Waals surface area contributed by atoms with Gasteiger partial charge in [-0.05, 0) is 61.1 Å². The summed E-state index contributed by atoms with van der Waals surface area (Å²) in [6.45, 7) is 2.77. The summed E-state index contributed by atoms with van der Waals surface area (Å²) in [5.41, 5.74) is 2.25. The quantitative estimate of drug-likeness (QED) is 0.840. The number of aryl methyl sites for hydroxylation is 1. The van der Waals surface area contributed by atoms with Crippen LogP contribution in [-0.2, 0) is 23.0 Å². The Kier molecular flexibility index (Phi) is 6.10. The van der Waals surface area contributed by atoms with Crippen molar-refractivity contribution in [2.75, 3.05) is 18.6 Å². The van der Waals surface area contributed by atoms with Crippen LogP contribution < -0.4 is 10.0 Å². The highest BCUT2D eigenvalue weighted by molar-refractivity contribution is 7.99. The first kappa shape index (κ1) is 16.8. The van der Waals surface area contributed by atoms with Crippen LogP contribution in [0.4, 0.5) is 0 Å². The molecule has 0 amide bonds. The third-order valence-corrected chi connectivity index (χ3v) is 6.35. The molecular formula is C15H24N2O2S2. The summed E-state index contributed by atoms with van der Waals surface area (Å²) in [6, 6.07) is 5.53.